The van der Waals surface area contributed by atoms with Crippen molar-refractivity contribution in [3.05, 3.63) is 54.2 Å². The third-order valence-electron chi connectivity index (χ3n) is 3.63. The minimum absolute atomic E-state index is 0.00162. The molecule has 2 N–H and O–H groups in total. The van der Waals surface area contributed by atoms with Gasteiger partial charge >= 0.3 is 12.6 Å². The Kier molecular flexibility index (Phi) is 5.28. The van der Waals surface area contributed by atoms with E-state index >= 15 is 0 Å². The number of pyridine rings is 1. The predicted octanol–water partition coefficient (Wildman–Crippen LogP) is 3.52. The molecule has 27 heavy (non-hydrogen) atoms. The van der Waals surface area contributed by atoms with Crippen LogP contribution in [0.15, 0.2) is 53.6 Å². The second-order valence-corrected chi connectivity index (χ2v) is 6.17. The average Bonchev–Trinajstić information content (AvgIpc) is 2.61. The zero-order valence-electron chi connectivity index (χ0n) is 13.4. The van der Waals surface area contributed by atoms with Gasteiger partial charge in [-0.15, -0.1) is 0 Å². The lowest BCUT2D eigenvalue weighted by Crippen LogP contribution is -2.06. The van der Waals surface area contributed by atoms with E-state index in [4.69, 9.17) is 0 Å². The number of fused-ring (bicyclic) bond motifs is 1. The second-order valence-electron chi connectivity index (χ2n) is 5.27. The quantitative estimate of drug-likeness (QED) is 0.616. The van der Waals surface area contributed by atoms with E-state index in [1.54, 1.807) is 6.07 Å². The Morgan fingerprint density at radius 1 is 1.26 bits per heavy atom. The summed E-state index contributed by atoms with van der Waals surface area (Å²) in [6, 6.07) is 9.73. The Labute approximate surface area is 153 Å². The maximum absolute atomic E-state index is 12.5. The van der Waals surface area contributed by atoms with Gasteiger partial charge in [0.25, 0.3) is 0 Å². The van der Waals surface area contributed by atoms with Crippen LogP contribution in [0.1, 0.15) is 10.4 Å². The lowest BCUT2D eigenvalue weighted by atomic mass is 10.1. The topological polar surface area (TPSA) is 112 Å². The monoisotopic (exact) mass is 393 g/mol. The van der Waals surface area contributed by atoms with Crippen molar-refractivity contribution in [3.63, 3.8) is 0 Å². The molecular weight excluding hydrogens is 382 g/mol. The fraction of sp³-hybridized carbons (Fsp3) is 0.0588. The zero-order chi connectivity index (χ0) is 19.6. The number of halogens is 2. The van der Waals surface area contributed by atoms with Crippen molar-refractivity contribution in [1.82, 2.24) is 4.98 Å². The summed E-state index contributed by atoms with van der Waals surface area (Å²) in [5.41, 5.74) is 0.345. The number of aromatic carboxylic acids is 1. The number of carbonyl (C=O) groups is 1. The number of aromatic nitrogens is 1. The molecule has 0 bridgehead atoms. The molecule has 0 radical (unpaired) electrons. The van der Waals surface area contributed by atoms with Crippen LogP contribution in [0, 0.1) is 0 Å². The first kappa shape index (κ1) is 18.7. The number of nitrogens with one attached hydrogen (secondary N) is 1. The molecule has 0 amide bonds. The lowest BCUT2D eigenvalue weighted by molar-refractivity contribution is -0.0497. The summed E-state index contributed by atoms with van der Waals surface area (Å²) in [6.45, 7) is -3.06. The first-order valence-electron chi connectivity index (χ1n) is 7.43. The first-order chi connectivity index (χ1) is 12.9. The van der Waals surface area contributed by atoms with Crippen LogP contribution in [0.4, 0.5) is 20.2 Å². The minimum Gasteiger partial charge on any atom is -0.768 e. The molecule has 0 aliphatic carbocycles. The molecule has 0 saturated carbocycles. The number of anilines is 2. The van der Waals surface area contributed by atoms with Gasteiger partial charge in [-0.05, 0) is 41.4 Å². The van der Waals surface area contributed by atoms with Gasteiger partial charge in [-0.3, -0.25) is 9.19 Å². The summed E-state index contributed by atoms with van der Waals surface area (Å²) in [5.74, 6) is -1.41. The lowest BCUT2D eigenvalue weighted by Gasteiger charge is -2.18. The van der Waals surface area contributed by atoms with Crippen LogP contribution >= 0.6 is 0 Å². The van der Waals surface area contributed by atoms with Crippen LogP contribution in [0.2, 0.25) is 0 Å². The zero-order valence-corrected chi connectivity index (χ0v) is 14.2. The van der Waals surface area contributed by atoms with Gasteiger partial charge in [-0.1, -0.05) is 12.1 Å². The van der Waals surface area contributed by atoms with E-state index in [1.807, 2.05) is 0 Å². The van der Waals surface area contributed by atoms with E-state index < -0.39 is 23.7 Å². The Bertz CT molecular complexity index is 1050. The third kappa shape index (κ3) is 4.01. The van der Waals surface area contributed by atoms with Gasteiger partial charge in [0.15, 0.2) is 0 Å². The molecule has 0 saturated heterocycles. The molecule has 0 aliphatic heterocycles. The molecule has 1 unspecified atom stereocenters. The highest BCUT2D eigenvalue weighted by molar-refractivity contribution is 7.79. The Balaban J connectivity index is 2.20. The number of hydrogen-bond acceptors (Lipinski definition) is 6. The van der Waals surface area contributed by atoms with Crippen molar-refractivity contribution in [2.45, 2.75) is 11.5 Å². The smallest absolute Gasteiger partial charge is 0.387 e. The standard InChI is InChI=1S/C17H12F2N2O5S/c18-17(19)26-9-5-6-12-11(7-9)15(14(8-20-12)27(24)25)21-13-4-2-1-3-10(13)16(22)23/h1-8,17H,(H,20,21)(H,22,23)(H,24,25)/p-1. The van der Waals surface area contributed by atoms with Crippen molar-refractivity contribution < 1.29 is 32.2 Å². The van der Waals surface area contributed by atoms with Crippen LogP contribution in [-0.4, -0.2) is 31.4 Å². The minimum atomic E-state index is -3.06. The van der Waals surface area contributed by atoms with E-state index in [1.165, 1.54) is 36.4 Å². The fourth-order valence-electron chi connectivity index (χ4n) is 2.50. The van der Waals surface area contributed by atoms with Gasteiger partial charge in [0.2, 0.25) is 0 Å². The third-order valence-corrected chi connectivity index (χ3v) is 4.30. The molecule has 10 heteroatoms. The Morgan fingerprint density at radius 3 is 2.67 bits per heavy atom. The average molecular weight is 393 g/mol. The number of carboxylic acid groups (broad SMARTS) is 1. The van der Waals surface area contributed by atoms with Crippen LogP contribution in [-0.2, 0) is 11.1 Å². The summed E-state index contributed by atoms with van der Waals surface area (Å²) < 4.78 is 52.5. The Morgan fingerprint density at radius 2 is 2.00 bits per heavy atom. The van der Waals surface area contributed by atoms with E-state index in [0.717, 1.165) is 6.20 Å². The largest absolute Gasteiger partial charge is 0.768 e. The van der Waals surface area contributed by atoms with Gasteiger partial charge in [0.1, 0.15) is 5.75 Å². The SMILES string of the molecule is O=C(O)c1ccccc1Nc1c(S(=O)[O-])cnc2ccc(OC(F)F)cc12. The van der Waals surface area contributed by atoms with Crippen LogP contribution < -0.4 is 10.1 Å². The summed E-state index contributed by atoms with van der Waals surface area (Å²) in [4.78, 5) is 15.1. The van der Waals surface area contributed by atoms with Crippen LogP contribution in [0.25, 0.3) is 10.9 Å². The summed E-state index contributed by atoms with van der Waals surface area (Å²) in [5, 5.41) is 12.2. The van der Waals surface area contributed by atoms with Gasteiger partial charge in [0.05, 0.1) is 27.4 Å². The van der Waals surface area contributed by atoms with Crippen LogP contribution in [0.3, 0.4) is 0 Å². The molecule has 3 rings (SSSR count). The summed E-state index contributed by atoms with van der Waals surface area (Å²) in [7, 11) is 0. The summed E-state index contributed by atoms with van der Waals surface area (Å²) in [6.07, 6.45) is 1.09. The van der Waals surface area contributed by atoms with Crippen molar-refractivity contribution >= 4 is 39.3 Å². The maximum Gasteiger partial charge on any atom is 0.387 e. The first-order valence-corrected chi connectivity index (χ1v) is 8.50. The van der Waals surface area contributed by atoms with Gasteiger partial charge < -0.3 is 19.7 Å². The van der Waals surface area contributed by atoms with Crippen molar-refractivity contribution in [3.8, 4) is 5.75 Å². The molecule has 1 atom stereocenters. The number of hydrogen-bond donors (Lipinski definition) is 2. The van der Waals surface area contributed by atoms with E-state index in [-0.39, 0.29) is 33.0 Å². The highest BCUT2D eigenvalue weighted by atomic mass is 32.2. The molecule has 0 aliphatic rings. The van der Waals surface area contributed by atoms with Gasteiger partial charge in [0, 0.05) is 11.6 Å². The van der Waals surface area contributed by atoms with Gasteiger partial charge in [-0.2, -0.15) is 8.78 Å². The van der Waals surface area contributed by atoms with Gasteiger partial charge in [-0.25, -0.2) is 4.79 Å². The van der Waals surface area contributed by atoms with Crippen molar-refractivity contribution in [1.29, 1.82) is 0 Å². The number of alkyl halides is 2. The molecule has 2 aromatic carbocycles. The molecule has 7 nitrogen and oxygen atoms in total. The fourth-order valence-corrected chi connectivity index (χ4v) is 2.96. The number of carboxylic acids is 1. The molecule has 3 aromatic rings. The predicted molar refractivity (Wildman–Crippen MR) is 92.2 cm³/mol. The van der Waals surface area contributed by atoms with E-state index in [2.05, 4.69) is 15.0 Å². The molecular formula is C17H11F2N2O5S-. The van der Waals surface area contributed by atoms with E-state index in [9.17, 15) is 27.4 Å². The van der Waals surface area contributed by atoms with Crippen molar-refractivity contribution in [2.24, 2.45) is 0 Å². The number of nitrogens with zero attached hydrogens (tertiary/aromatic N) is 1. The number of ether oxygens (including phenoxy) is 1. The maximum atomic E-state index is 12.5. The number of para-hydroxylation sites is 1. The normalized spacial score (nSPS) is 12.1. The number of rotatable bonds is 6. The number of benzene rings is 2. The molecule has 0 spiro atoms. The summed E-state index contributed by atoms with van der Waals surface area (Å²) >= 11 is -2.72. The van der Waals surface area contributed by atoms with E-state index in [0.29, 0.717) is 5.52 Å². The molecule has 1 heterocycles. The highest BCUT2D eigenvalue weighted by Crippen LogP contribution is 2.34. The van der Waals surface area contributed by atoms with Crippen molar-refractivity contribution in [2.75, 3.05) is 5.32 Å². The Hall–Kier alpha value is -3.11. The molecule has 0 fully saturated rings. The highest BCUT2D eigenvalue weighted by Gasteiger charge is 2.16. The molecule has 1 aromatic heterocycles. The van der Waals surface area contributed by atoms with Crippen LogP contribution in [0.5, 0.6) is 5.75 Å². The molecule has 140 valence electrons. The second kappa shape index (κ2) is 7.64.